The van der Waals surface area contributed by atoms with Gasteiger partial charge < -0.3 is 4.98 Å². The lowest BCUT2D eigenvalue weighted by Crippen LogP contribution is -2.28. The molecule has 2 atom stereocenters. The van der Waals surface area contributed by atoms with Crippen LogP contribution in [0.4, 0.5) is 0 Å². The summed E-state index contributed by atoms with van der Waals surface area (Å²) in [6, 6.07) is 2.18. The number of fused-ring (bicyclic) bond motifs is 1. The van der Waals surface area contributed by atoms with Crippen LogP contribution >= 0.6 is 0 Å². The highest BCUT2D eigenvalue weighted by Crippen LogP contribution is 2.21. The second-order valence-electron chi connectivity index (χ2n) is 4.86. The van der Waals surface area contributed by atoms with Crippen molar-refractivity contribution < 1.29 is 0 Å². The summed E-state index contributed by atoms with van der Waals surface area (Å²) in [5.41, 5.74) is 1.05. The first-order valence-corrected chi connectivity index (χ1v) is 6.64. The Hall–Kier alpha value is -1.42. The molecule has 0 aromatic carbocycles. The average molecular weight is 227 g/mol. The maximum Gasteiger partial charge on any atom is 0.0904 e. The van der Waals surface area contributed by atoms with Gasteiger partial charge in [0.15, 0.2) is 0 Å². The molecule has 1 aromatic rings. The topological polar surface area (TPSA) is 15.8 Å². The van der Waals surface area contributed by atoms with E-state index >= 15 is 0 Å². The second kappa shape index (κ2) is 5.27. The Kier molecular flexibility index (Phi) is 3.74. The molecule has 0 saturated carbocycles. The monoisotopic (exact) mass is 227 g/mol. The molecular formula is C16H21N. The molecule has 0 fully saturated rings. The van der Waals surface area contributed by atoms with Crippen LogP contribution in [0, 0.1) is 23.7 Å². The Morgan fingerprint density at radius 3 is 3.00 bits per heavy atom. The number of hydrogen-bond donors (Lipinski definition) is 1. The summed E-state index contributed by atoms with van der Waals surface area (Å²) in [4.78, 5) is 3.39. The number of aromatic amines is 1. The van der Waals surface area contributed by atoms with Gasteiger partial charge in [-0.25, -0.2) is 0 Å². The smallest absolute Gasteiger partial charge is 0.0904 e. The Labute approximate surface area is 104 Å². The number of H-pyrrole nitrogens is 1. The SMILES string of the molecule is CCC#Cc1cc2c([nH]1)=CCC(C(C)CC)C=2. The van der Waals surface area contributed by atoms with Crippen molar-refractivity contribution >= 4 is 12.2 Å². The van der Waals surface area contributed by atoms with Crippen LogP contribution in [-0.4, -0.2) is 4.98 Å². The van der Waals surface area contributed by atoms with Gasteiger partial charge in [-0.3, -0.25) is 0 Å². The average Bonchev–Trinajstić information content (AvgIpc) is 2.76. The van der Waals surface area contributed by atoms with Crippen LogP contribution in [0.5, 0.6) is 0 Å². The fourth-order valence-electron chi connectivity index (χ4n) is 2.30. The van der Waals surface area contributed by atoms with Crippen LogP contribution in [0.15, 0.2) is 6.07 Å². The molecule has 2 rings (SSSR count). The molecule has 0 bridgehead atoms. The van der Waals surface area contributed by atoms with Crippen molar-refractivity contribution in [3.8, 4) is 11.8 Å². The van der Waals surface area contributed by atoms with Gasteiger partial charge in [0.25, 0.3) is 0 Å². The Morgan fingerprint density at radius 2 is 2.29 bits per heavy atom. The number of rotatable bonds is 2. The van der Waals surface area contributed by atoms with Gasteiger partial charge >= 0.3 is 0 Å². The van der Waals surface area contributed by atoms with Gasteiger partial charge in [0.05, 0.1) is 5.69 Å². The molecule has 0 amide bonds. The molecule has 1 heteroatoms. The van der Waals surface area contributed by atoms with E-state index < -0.39 is 0 Å². The van der Waals surface area contributed by atoms with E-state index in [1.165, 1.54) is 17.0 Å². The van der Waals surface area contributed by atoms with Crippen LogP contribution in [0.2, 0.25) is 0 Å². The third-order valence-electron chi connectivity index (χ3n) is 3.64. The van der Waals surface area contributed by atoms with Gasteiger partial charge in [-0.1, -0.05) is 45.3 Å². The van der Waals surface area contributed by atoms with E-state index in [2.05, 4.69) is 55.8 Å². The van der Waals surface area contributed by atoms with Gasteiger partial charge in [0, 0.05) is 11.8 Å². The number of hydrogen-bond acceptors (Lipinski definition) is 0. The van der Waals surface area contributed by atoms with E-state index in [0.717, 1.165) is 24.5 Å². The Morgan fingerprint density at radius 1 is 1.47 bits per heavy atom. The lowest BCUT2D eigenvalue weighted by Gasteiger charge is -2.19. The summed E-state index contributed by atoms with van der Waals surface area (Å²) < 4.78 is 0. The van der Waals surface area contributed by atoms with Gasteiger partial charge in [0.2, 0.25) is 0 Å². The van der Waals surface area contributed by atoms with Crippen LogP contribution in [0.3, 0.4) is 0 Å². The Balaban J connectivity index is 2.33. The first-order chi connectivity index (χ1) is 8.24. The number of nitrogens with one attached hydrogen (secondary N) is 1. The molecule has 1 aromatic heterocycles. The zero-order valence-corrected chi connectivity index (χ0v) is 11.0. The van der Waals surface area contributed by atoms with Gasteiger partial charge in [-0.05, 0) is 35.5 Å². The van der Waals surface area contributed by atoms with E-state index in [9.17, 15) is 0 Å². The molecular weight excluding hydrogens is 206 g/mol. The Bertz CT molecular complexity index is 551. The fourth-order valence-corrected chi connectivity index (χ4v) is 2.30. The highest BCUT2D eigenvalue weighted by Gasteiger charge is 2.14. The summed E-state index contributed by atoms with van der Waals surface area (Å²) in [6.45, 7) is 6.68. The van der Waals surface area contributed by atoms with Crippen molar-refractivity contribution in [3.63, 3.8) is 0 Å². The molecule has 1 nitrogen and oxygen atoms in total. The fraction of sp³-hybridized carbons (Fsp3) is 0.500. The standard InChI is InChI=1S/C16H21N/c1-4-6-7-15-11-14-10-13(12(3)5-2)8-9-16(14)17-15/h9-13,17H,4-5,8H2,1-3H3. The van der Waals surface area contributed by atoms with E-state index in [0.29, 0.717) is 5.92 Å². The quantitative estimate of drug-likeness (QED) is 0.747. The minimum absolute atomic E-state index is 0.690. The number of aromatic nitrogens is 1. The molecule has 1 aliphatic rings. The zero-order valence-electron chi connectivity index (χ0n) is 11.0. The summed E-state index contributed by atoms with van der Waals surface area (Å²) >= 11 is 0. The van der Waals surface area contributed by atoms with Crippen LogP contribution < -0.4 is 10.6 Å². The minimum Gasteiger partial charge on any atom is -0.348 e. The van der Waals surface area contributed by atoms with Crippen molar-refractivity contribution in [2.45, 2.75) is 40.0 Å². The van der Waals surface area contributed by atoms with E-state index in [1.807, 2.05) is 0 Å². The largest absolute Gasteiger partial charge is 0.348 e. The van der Waals surface area contributed by atoms with Gasteiger partial charge in [-0.2, -0.15) is 0 Å². The predicted molar refractivity (Wildman–Crippen MR) is 73.7 cm³/mol. The zero-order chi connectivity index (χ0) is 12.3. The molecule has 2 unspecified atom stereocenters. The molecule has 0 radical (unpaired) electrons. The van der Waals surface area contributed by atoms with Crippen molar-refractivity contribution in [3.05, 3.63) is 22.3 Å². The summed E-state index contributed by atoms with van der Waals surface area (Å²) in [5.74, 6) is 7.73. The van der Waals surface area contributed by atoms with Gasteiger partial charge in [0.1, 0.15) is 0 Å². The maximum absolute atomic E-state index is 3.39. The minimum atomic E-state index is 0.690. The van der Waals surface area contributed by atoms with Crippen LogP contribution in [-0.2, 0) is 0 Å². The summed E-state index contributed by atoms with van der Waals surface area (Å²) in [7, 11) is 0. The highest BCUT2D eigenvalue weighted by molar-refractivity contribution is 5.43. The molecule has 1 aliphatic carbocycles. The van der Waals surface area contributed by atoms with Crippen molar-refractivity contribution in [1.82, 2.24) is 4.98 Å². The van der Waals surface area contributed by atoms with E-state index in [4.69, 9.17) is 0 Å². The molecule has 17 heavy (non-hydrogen) atoms. The van der Waals surface area contributed by atoms with Gasteiger partial charge in [-0.15, -0.1) is 0 Å². The van der Waals surface area contributed by atoms with E-state index in [-0.39, 0.29) is 0 Å². The van der Waals surface area contributed by atoms with Crippen LogP contribution in [0.25, 0.3) is 12.2 Å². The van der Waals surface area contributed by atoms with Crippen molar-refractivity contribution in [2.75, 3.05) is 0 Å². The molecule has 0 saturated heterocycles. The highest BCUT2D eigenvalue weighted by atomic mass is 14.7. The first kappa shape index (κ1) is 12.0. The summed E-state index contributed by atoms with van der Waals surface area (Å²) in [5, 5.41) is 2.59. The molecule has 0 aliphatic heterocycles. The molecule has 0 spiro atoms. The molecule has 1 N–H and O–H groups in total. The van der Waals surface area contributed by atoms with Crippen LogP contribution in [0.1, 0.15) is 45.7 Å². The molecule has 1 heterocycles. The maximum atomic E-state index is 3.39. The van der Waals surface area contributed by atoms with Crippen molar-refractivity contribution in [1.29, 1.82) is 0 Å². The van der Waals surface area contributed by atoms with E-state index in [1.54, 1.807) is 0 Å². The third kappa shape index (κ3) is 2.64. The van der Waals surface area contributed by atoms with Crippen molar-refractivity contribution in [2.24, 2.45) is 11.8 Å². The lowest BCUT2D eigenvalue weighted by atomic mass is 9.86. The normalized spacial score (nSPS) is 19.4. The first-order valence-electron chi connectivity index (χ1n) is 6.64. The summed E-state index contributed by atoms with van der Waals surface area (Å²) in [6.07, 6.45) is 8.05. The third-order valence-corrected chi connectivity index (χ3v) is 3.64. The molecule has 90 valence electrons. The lowest BCUT2D eigenvalue weighted by molar-refractivity contribution is 0.443. The predicted octanol–water partition coefficient (Wildman–Crippen LogP) is 2.40. The second-order valence-corrected chi connectivity index (χ2v) is 4.86.